The fourth-order valence-electron chi connectivity index (χ4n) is 0.148. The van der Waals surface area contributed by atoms with Crippen LogP contribution in [0.4, 0.5) is 0 Å². The second-order valence-electron chi connectivity index (χ2n) is 1.09. The van der Waals surface area contributed by atoms with Gasteiger partial charge in [0.1, 0.15) is 5.38 Å². The maximum Gasteiger partial charge on any atom is 0.232 e. The van der Waals surface area contributed by atoms with E-state index in [9.17, 15) is 0 Å². The summed E-state index contributed by atoms with van der Waals surface area (Å²) in [5, 5.41) is -0.167. The van der Waals surface area contributed by atoms with Gasteiger partial charge in [0.25, 0.3) is 0 Å². The van der Waals surface area contributed by atoms with Gasteiger partial charge >= 0.3 is 0 Å². The molecular weight excluding hydrogens is 133 g/mol. The van der Waals surface area contributed by atoms with Gasteiger partial charge in [-0.1, -0.05) is 0 Å². The van der Waals surface area contributed by atoms with E-state index >= 15 is 0 Å². The van der Waals surface area contributed by atoms with Gasteiger partial charge in [0.2, 0.25) is 6.54 Å². The second-order valence-corrected chi connectivity index (χ2v) is 2.02. The minimum absolute atomic E-state index is 0.167. The van der Waals surface area contributed by atoms with Crippen LogP contribution in [0.2, 0.25) is 0 Å². The lowest BCUT2D eigenvalue weighted by molar-refractivity contribution is 1.05. The summed E-state index contributed by atoms with van der Waals surface area (Å²) in [6.07, 6.45) is 0. The lowest BCUT2D eigenvalue weighted by atomic mass is 10.5. The molecule has 0 aliphatic carbocycles. The fourth-order valence-corrected chi connectivity index (χ4v) is 0.314. The Balaban J connectivity index is 3.03. The molecule has 0 aliphatic rings. The van der Waals surface area contributed by atoms with Crippen molar-refractivity contribution < 1.29 is 0 Å². The summed E-state index contributed by atoms with van der Waals surface area (Å²) >= 11 is 10.7. The first-order valence-electron chi connectivity index (χ1n) is 1.84. The maximum absolute atomic E-state index is 6.32. The van der Waals surface area contributed by atoms with Crippen LogP contribution < -0.4 is 0 Å². The van der Waals surface area contributed by atoms with E-state index in [4.69, 9.17) is 29.8 Å². The predicted octanol–water partition coefficient (Wildman–Crippen LogP) is 1.75. The molecule has 3 heteroatoms. The van der Waals surface area contributed by atoms with E-state index in [-0.39, 0.29) is 5.38 Å². The first kappa shape index (κ1) is 7.07. The van der Waals surface area contributed by atoms with Gasteiger partial charge in [-0.25, -0.2) is 6.57 Å². The Bertz CT molecular complexity index is 76.2. The van der Waals surface area contributed by atoms with E-state index < -0.39 is 0 Å². The van der Waals surface area contributed by atoms with Crippen LogP contribution in [0.25, 0.3) is 4.85 Å². The fraction of sp³-hybridized carbons (Fsp3) is 0.750. The number of alkyl halides is 2. The molecule has 1 nitrogen and oxygen atoms in total. The second kappa shape index (κ2) is 4.23. The van der Waals surface area contributed by atoms with Gasteiger partial charge in [-0.05, 0) is 0 Å². The molecule has 1 unspecified atom stereocenters. The van der Waals surface area contributed by atoms with Crippen LogP contribution in [0.15, 0.2) is 0 Å². The Morgan fingerprint density at radius 3 is 2.43 bits per heavy atom. The summed E-state index contributed by atoms with van der Waals surface area (Å²) in [5.74, 6) is 0.365. The van der Waals surface area contributed by atoms with E-state index in [1.54, 1.807) is 0 Å². The quantitative estimate of drug-likeness (QED) is 0.404. The Labute approximate surface area is 53.0 Å². The molecule has 0 heterocycles. The van der Waals surface area contributed by atoms with E-state index in [2.05, 4.69) is 4.85 Å². The van der Waals surface area contributed by atoms with E-state index in [1.165, 1.54) is 0 Å². The highest BCUT2D eigenvalue weighted by atomic mass is 35.5. The summed E-state index contributed by atoms with van der Waals surface area (Å²) in [4.78, 5) is 3.04. The van der Waals surface area contributed by atoms with Crippen LogP contribution in [0, 0.1) is 6.57 Å². The zero-order valence-corrected chi connectivity index (χ0v) is 5.21. The van der Waals surface area contributed by atoms with Gasteiger partial charge in [-0.2, -0.15) is 0 Å². The van der Waals surface area contributed by atoms with Gasteiger partial charge in [0.15, 0.2) is 0 Å². The van der Waals surface area contributed by atoms with Crippen LogP contribution in [-0.2, 0) is 0 Å². The van der Waals surface area contributed by atoms with Crippen LogP contribution in [-0.4, -0.2) is 17.8 Å². The smallest absolute Gasteiger partial charge is 0.232 e. The molecule has 0 N–H and O–H groups in total. The zero-order chi connectivity index (χ0) is 5.70. The van der Waals surface area contributed by atoms with Crippen molar-refractivity contribution in [1.82, 2.24) is 0 Å². The third kappa shape index (κ3) is 3.91. The molecular formula is C4H5Cl2N. The van der Waals surface area contributed by atoms with Gasteiger partial charge in [0, 0.05) is 5.88 Å². The molecule has 0 amide bonds. The molecule has 0 saturated carbocycles. The monoisotopic (exact) mass is 137 g/mol. The first-order chi connectivity index (χ1) is 3.31. The van der Waals surface area contributed by atoms with Crippen molar-refractivity contribution in [2.75, 3.05) is 12.4 Å². The largest absolute Gasteiger partial charge is 0.315 e. The molecule has 0 aromatic rings. The van der Waals surface area contributed by atoms with Crippen molar-refractivity contribution >= 4 is 23.2 Å². The Morgan fingerprint density at radius 1 is 1.71 bits per heavy atom. The van der Waals surface area contributed by atoms with Crippen LogP contribution in [0.3, 0.4) is 0 Å². The third-order valence-corrected chi connectivity index (χ3v) is 1.28. The first-order valence-corrected chi connectivity index (χ1v) is 2.81. The molecule has 0 saturated heterocycles. The molecule has 0 bridgehead atoms. The van der Waals surface area contributed by atoms with Gasteiger partial charge in [-0.15, -0.1) is 23.2 Å². The van der Waals surface area contributed by atoms with Crippen molar-refractivity contribution in [3.63, 3.8) is 0 Å². The van der Waals surface area contributed by atoms with E-state index in [1.807, 2.05) is 0 Å². The van der Waals surface area contributed by atoms with Gasteiger partial charge < -0.3 is 4.85 Å². The summed E-state index contributed by atoms with van der Waals surface area (Å²) in [6, 6.07) is 0. The Kier molecular flexibility index (Phi) is 4.28. The Hall–Kier alpha value is 0.0700. The van der Waals surface area contributed by atoms with Crippen molar-refractivity contribution in [1.29, 1.82) is 0 Å². The highest BCUT2D eigenvalue weighted by Gasteiger charge is 2.02. The normalized spacial score (nSPS) is 12.7. The van der Waals surface area contributed by atoms with Gasteiger partial charge in [0.05, 0.1) is 0 Å². The molecule has 40 valence electrons. The molecule has 0 aliphatic heterocycles. The summed E-state index contributed by atoms with van der Waals surface area (Å²) in [6.45, 7) is 6.64. The molecule has 0 aromatic heterocycles. The van der Waals surface area contributed by atoms with Crippen molar-refractivity contribution in [3.05, 3.63) is 11.4 Å². The molecule has 0 spiro atoms. The number of halogens is 2. The number of rotatable bonds is 2. The average molecular weight is 138 g/mol. The van der Waals surface area contributed by atoms with Crippen molar-refractivity contribution in [2.24, 2.45) is 0 Å². The molecule has 0 fully saturated rings. The van der Waals surface area contributed by atoms with E-state index in [0.717, 1.165) is 0 Å². The van der Waals surface area contributed by atoms with Gasteiger partial charge in [-0.3, -0.25) is 0 Å². The lowest BCUT2D eigenvalue weighted by Crippen LogP contribution is -2.01. The summed E-state index contributed by atoms with van der Waals surface area (Å²) < 4.78 is 0. The molecule has 0 rings (SSSR count). The number of hydrogen-bond donors (Lipinski definition) is 0. The third-order valence-electron chi connectivity index (χ3n) is 0.457. The van der Waals surface area contributed by atoms with Crippen molar-refractivity contribution in [3.8, 4) is 0 Å². The van der Waals surface area contributed by atoms with Crippen molar-refractivity contribution in [2.45, 2.75) is 5.38 Å². The predicted molar refractivity (Wildman–Crippen MR) is 31.8 cm³/mol. The van der Waals surface area contributed by atoms with Crippen LogP contribution >= 0.6 is 23.2 Å². The average Bonchev–Trinajstić information content (AvgIpc) is 1.68. The lowest BCUT2D eigenvalue weighted by Gasteiger charge is -1.89. The summed E-state index contributed by atoms with van der Waals surface area (Å²) in [7, 11) is 0. The Morgan fingerprint density at radius 2 is 2.29 bits per heavy atom. The minimum atomic E-state index is -0.167. The standard InChI is InChI=1S/C4H5Cl2N/c1-7-3-4(6)2-5/h4H,2-3H2. The molecule has 7 heavy (non-hydrogen) atoms. The molecule has 1 atom stereocenters. The van der Waals surface area contributed by atoms with Crippen LogP contribution in [0.1, 0.15) is 0 Å². The SMILES string of the molecule is [C-]#[N+]CC(Cl)CCl. The highest BCUT2D eigenvalue weighted by Crippen LogP contribution is 1.97. The number of nitrogens with zero attached hydrogens (tertiary/aromatic N) is 1. The van der Waals surface area contributed by atoms with Crippen LogP contribution in [0.5, 0.6) is 0 Å². The summed E-state index contributed by atoms with van der Waals surface area (Å²) in [5.41, 5.74) is 0. The minimum Gasteiger partial charge on any atom is -0.315 e. The zero-order valence-electron chi connectivity index (χ0n) is 3.69. The van der Waals surface area contributed by atoms with E-state index in [0.29, 0.717) is 12.4 Å². The molecule has 0 aromatic carbocycles. The molecule has 0 radical (unpaired) electrons. The number of hydrogen-bond acceptors (Lipinski definition) is 0. The highest BCUT2D eigenvalue weighted by molar-refractivity contribution is 6.28. The maximum atomic E-state index is 6.32. The topological polar surface area (TPSA) is 4.36 Å².